The molecule has 0 aliphatic carbocycles. The van der Waals surface area contributed by atoms with Crippen LogP contribution in [0.1, 0.15) is 13.8 Å². The Kier molecular flexibility index (Phi) is 3.87. The largest absolute Gasteiger partial charge is 0.114 e. The molecule has 0 N–H and O–H groups in total. The minimum atomic E-state index is 1.17. The molecule has 0 atom stereocenters. The van der Waals surface area contributed by atoms with Crippen molar-refractivity contribution in [2.75, 3.05) is 5.08 Å². The van der Waals surface area contributed by atoms with Gasteiger partial charge in [-0.1, -0.05) is 18.2 Å². The predicted octanol–water partition coefficient (Wildman–Crippen LogP) is 3.79. The zero-order valence-electron chi connectivity index (χ0n) is 6.83. The van der Waals surface area contributed by atoms with E-state index in [1.54, 1.807) is 0 Å². The molecular formula is C9H12S2. The Balaban J connectivity index is 2.71. The molecule has 0 spiro atoms. The van der Waals surface area contributed by atoms with Crippen LogP contribution in [-0.4, -0.2) is 5.08 Å². The van der Waals surface area contributed by atoms with Crippen molar-refractivity contribution < 1.29 is 0 Å². The van der Waals surface area contributed by atoms with E-state index in [0.717, 1.165) is 0 Å². The monoisotopic (exact) mass is 184 g/mol. The van der Waals surface area contributed by atoms with Crippen LogP contribution in [0, 0.1) is 0 Å². The fourth-order valence-electron chi connectivity index (χ4n) is 0.838. The van der Waals surface area contributed by atoms with E-state index in [9.17, 15) is 0 Å². The van der Waals surface area contributed by atoms with Gasteiger partial charge in [0, 0.05) is 14.9 Å². The van der Waals surface area contributed by atoms with Crippen LogP contribution in [0.5, 0.6) is 0 Å². The first kappa shape index (κ1) is 9.01. The van der Waals surface area contributed by atoms with Gasteiger partial charge in [-0.15, -0.1) is 23.5 Å². The zero-order valence-corrected chi connectivity index (χ0v) is 8.47. The lowest BCUT2D eigenvalue weighted by Crippen LogP contribution is -1.68. The predicted molar refractivity (Wildman–Crippen MR) is 56.7 cm³/mol. The summed E-state index contributed by atoms with van der Waals surface area (Å²) in [4.78, 5) is 2.84. The second kappa shape index (κ2) is 4.73. The summed E-state index contributed by atoms with van der Waals surface area (Å²) < 4.78 is 0. The van der Waals surface area contributed by atoms with E-state index in [2.05, 4.69) is 31.2 Å². The number of hydrogen-bond acceptors (Lipinski definition) is 2. The van der Waals surface area contributed by atoms with Crippen LogP contribution >= 0.6 is 23.5 Å². The third-order valence-corrected chi connectivity index (χ3v) is 3.88. The van der Waals surface area contributed by atoms with Gasteiger partial charge in [0.1, 0.15) is 0 Å². The maximum absolute atomic E-state index is 2.18. The summed E-state index contributed by atoms with van der Waals surface area (Å²) in [5, 5.41) is 1.17. The maximum Gasteiger partial charge on any atom is 0.0487 e. The summed E-state index contributed by atoms with van der Waals surface area (Å²) in [6.45, 7) is 4.14. The van der Waals surface area contributed by atoms with Gasteiger partial charge in [-0.2, -0.15) is 0 Å². The first-order valence-corrected chi connectivity index (χ1v) is 5.61. The minimum absolute atomic E-state index is 1.17. The van der Waals surface area contributed by atoms with Crippen LogP contribution in [0.15, 0.2) is 34.1 Å². The maximum atomic E-state index is 2.18. The molecule has 1 rings (SSSR count). The number of rotatable bonds is 1. The second-order valence-corrected chi connectivity index (χ2v) is 4.52. The lowest BCUT2D eigenvalue weighted by molar-refractivity contribution is 1.67. The van der Waals surface area contributed by atoms with Crippen molar-refractivity contribution in [3.8, 4) is 0 Å². The van der Waals surface area contributed by atoms with Crippen LogP contribution in [0.25, 0.3) is 0 Å². The van der Waals surface area contributed by atoms with Gasteiger partial charge in [0.15, 0.2) is 0 Å². The third kappa shape index (κ3) is 2.46. The Bertz CT molecular complexity index is 212. The fourth-order valence-corrected chi connectivity index (χ4v) is 3.26. The molecule has 0 unspecified atom stereocenters. The fraction of sp³-hybridized carbons (Fsp3) is 0.333. The SMILES string of the molecule is C\C=C/C=C1/SCS/C1=C/C. The summed E-state index contributed by atoms with van der Waals surface area (Å²) in [5.41, 5.74) is 0. The molecule has 0 nitrogen and oxygen atoms in total. The molecule has 1 aliphatic heterocycles. The van der Waals surface area contributed by atoms with E-state index in [1.807, 2.05) is 30.4 Å². The van der Waals surface area contributed by atoms with Gasteiger partial charge in [0.25, 0.3) is 0 Å². The number of allylic oxidation sites excluding steroid dienone is 4. The van der Waals surface area contributed by atoms with Crippen LogP contribution in [0.2, 0.25) is 0 Å². The van der Waals surface area contributed by atoms with E-state index < -0.39 is 0 Å². The van der Waals surface area contributed by atoms with Crippen LogP contribution in [0.4, 0.5) is 0 Å². The van der Waals surface area contributed by atoms with Crippen molar-refractivity contribution in [2.45, 2.75) is 13.8 Å². The van der Waals surface area contributed by atoms with E-state index in [-0.39, 0.29) is 0 Å². The first-order chi connectivity index (χ1) is 5.38. The molecule has 0 radical (unpaired) electrons. The Hall–Kier alpha value is -0.0800. The molecular weight excluding hydrogens is 172 g/mol. The molecule has 1 fully saturated rings. The van der Waals surface area contributed by atoms with Gasteiger partial charge in [0.05, 0.1) is 0 Å². The van der Waals surface area contributed by atoms with E-state index in [4.69, 9.17) is 0 Å². The third-order valence-electron chi connectivity index (χ3n) is 1.37. The smallest absolute Gasteiger partial charge is 0.0487 e. The average Bonchev–Trinajstić information content (AvgIpc) is 2.47. The molecule has 1 aliphatic rings. The molecule has 0 aromatic heterocycles. The van der Waals surface area contributed by atoms with Gasteiger partial charge in [-0.05, 0) is 19.9 Å². The lowest BCUT2D eigenvalue weighted by atomic mass is 10.4. The van der Waals surface area contributed by atoms with Gasteiger partial charge in [-0.25, -0.2) is 0 Å². The summed E-state index contributed by atoms with van der Waals surface area (Å²) in [6.07, 6.45) is 8.52. The summed E-state index contributed by atoms with van der Waals surface area (Å²) >= 11 is 3.84. The van der Waals surface area contributed by atoms with Crippen molar-refractivity contribution in [2.24, 2.45) is 0 Å². The summed E-state index contributed by atoms with van der Waals surface area (Å²) in [6, 6.07) is 0. The zero-order chi connectivity index (χ0) is 8.10. The van der Waals surface area contributed by atoms with Crippen molar-refractivity contribution >= 4 is 23.5 Å². The molecule has 0 saturated carbocycles. The van der Waals surface area contributed by atoms with Gasteiger partial charge in [-0.3, -0.25) is 0 Å². The molecule has 60 valence electrons. The van der Waals surface area contributed by atoms with Gasteiger partial charge in [0.2, 0.25) is 0 Å². The van der Waals surface area contributed by atoms with Crippen LogP contribution < -0.4 is 0 Å². The van der Waals surface area contributed by atoms with Crippen LogP contribution in [-0.2, 0) is 0 Å². The van der Waals surface area contributed by atoms with E-state index in [0.29, 0.717) is 0 Å². The number of hydrogen-bond donors (Lipinski definition) is 0. The van der Waals surface area contributed by atoms with Gasteiger partial charge < -0.3 is 0 Å². The summed E-state index contributed by atoms with van der Waals surface area (Å²) in [7, 11) is 0. The second-order valence-electron chi connectivity index (χ2n) is 2.12. The van der Waals surface area contributed by atoms with Crippen molar-refractivity contribution in [1.82, 2.24) is 0 Å². The molecule has 1 heterocycles. The van der Waals surface area contributed by atoms with Gasteiger partial charge >= 0.3 is 0 Å². The molecule has 1 saturated heterocycles. The van der Waals surface area contributed by atoms with Crippen molar-refractivity contribution in [1.29, 1.82) is 0 Å². The highest BCUT2D eigenvalue weighted by molar-refractivity contribution is 8.23. The molecule has 0 amide bonds. The summed E-state index contributed by atoms with van der Waals surface area (Å²) in [5.74, 6) is 0. The molecule has 0 aromatic rings. The standard InChI is InChI=1S/C9H12S2/c1-3-5-6-9-8(4-2)10-7-11-9/h3-6H,7H2,1-2H3/b5-3-,8-4+,9-6+. The van der Waals surface area contributed by atoms with Crippen LogP contribution in [0.3, 0.4) is 0 Å². The minimum Gasteiger partial charge on any atom is -0.114 e. The quantitative estimate of drug-likeness (QED) is 0.608. The lowest BCUT2D eigenvalue weighted by Gasteiger charge is -1.93. The van der Waals surface area contributed by atoms with E-state index in [1.165, 1.54) is 14.9 Å². The number of thioether (sulfide) groups is 2. The average molecular weight is 184 g/mol. The Morgan fingerprint density at radius 2 is 1.91 bits per heavy atom. The van der Waals surface area contributed by atoms with Crippen molar-refractivity contribution in [3.05, 3.63) is 34.1 Å². The Labute approximate surface area is 76.8 Å². The topological polar surface area (TPSA) is 0 Å². The molecule has 2 heteroatoms. The van der Waals surface area contributed by atoms with E-state index >= 15 is 0 Å². The molecule has 11 heavy (non-hydrogen) atoms. The highest BCUT2D eigenvalue weighted by Gasteiger charge is 2.12. The Morgan fingerprint density at radius 1 is 1.18 bits per heavy atom. The molecule has 0 bridgehead atoms. The Morgan fingerprint density at radius 3 is 2.55 bits per heavy atom. The highest BCUT2D eigenvalue weighted by Crippen LogP contribution is 2.43. The van der Waals surface area contributed by atoms with Crippen molar-refractivity contribution in [3.63, 3.8) is 0 Å². The first-order valence-electron chi connectivity index (χ1n) is 3.63. The normalized spacial score (nSPS) is 26.0. The highest BCUT2D eigenvalue weighted by atomic mass is 32.2. The molecule has 0 aromatic carbocycles.